The fourth-order valence-corrected chi connectivity index (χ4v) is 6.59. The molecular formula is C41H36N4O6S. The summed E-state index contributed by atoms with van der Waals surface area (Å²) in [7, 11) is 4.49. The molecule has 0 saturated carbocycles. The van der Waals surface area contributed by atoms with Gasteiger partial charge < -0.3 is 35.1 Å². The summed E-state index contributed by atoms with van der Waals surface area (Å²) in [6, 6.07) is 36.3. The zero-order valence-electron chi connectivity index (χ0n) is 28.6. The molecule has 0 aliphatic heterocycles. The number of ether oxygens (including phenoxy) is 3. The highest BCUT2D eigenvalue weighted by Crippen LogP contribution is 2.39. The van der Waals surface area contributed by atoms with Gasteiger partial charge in [-0.15, -0.1) is 11.8 Å². The van der Waals surface area contributed by atoms with E-state index in [0.29, 0.717) is 39.8 Å². The summed E-state index contributed by atoms with van der Waals surface area (Å²) < 4.78 is 16.4. The number of hydrogen-bond acceptors (Lipinski definition) is 7. The number of amides is 3. The zero-order valence-corrected chi connectivity index (χ0v) is 29.5. The lowest BCUT2D eigenvalue weighted by Crippen LogP contribution is -2.30. The first-order valence-corrected chi connectivity index (χ1v) is 17.1. The first-order chi connectivity index (χ1) is 25.3. The monoisotopic (exact) mass is 712 g/mol. The SMILES string of the molecule is COc1cc(/C=C(/NC(=O)c2ccccc2)C(=O)Nc2cccc(SC(C(=O)Nc3ccc4cc[nH]c4c3)c3ccccc3)c2)cc(OC)c1OC. The lowest BCUT2D eigenvalue weighted by Gasteiger charge is -2.18. The van der Waals surface area contributed by atoms with Gasteiger partial charge in [-0.25, -0.2) is 0 Å². The highest BCUT2D eigenvalue weighted by Gasteiger charge is 2.23. The van der Waals surface area contributed by atoms with Crippen molar-refractivity contribution >= 4 is 57.8 Å². The molecule has 52 heavy (non-hydrogen) atoms. The van der Waals surface area contributed by atoms with Crippen molar-refractivity contribution in [2.75, 3.05) is 32.0 Å². The Labute approximate surface area is 305 Å². The quantitative estimate of drug-likeness (QED) is 0.0704. The predicted molar refractivity (Wildman–Crippen MR) is 205 cm³/mol. The summed E-state index contributed by atoms with van der Waals surface area (Å²) in [6.07, 6.45) is 3.38. The Morgan fingerprint density at radius 2 is 1.40 bits per heavy atom. The molecule has 1 heterocycles. The molecule has 1 aromatic heterocycles. The molecule has 262 valence electrons. The highest BCUT2D eigenvalue weighted by molar-refractivity contribution is 8.00. The number of thioether (sulfide) groups is 1. The molecule has 3 amide bonds. The van der Waals surface area contributed by atoms with E-state index >= 15 is 0 Å². The Balaban J connectivity index is 1.27. The van der Waals surface area contributed by atoms with E-state index in [9.17, 15) is 14.4 Å². The maximum atomic E-state index is 13.9. The number of H-pyrrole nitrogens is 1. The largest absolute Gasteiger partial charge is 0.493 e. The van der Waals surface area contributed by atoms with Crippen molar-refractivity contribution in [1.82, 2.24) is 10.3 Å². The van der Waals surface area contributed by atoms with Crippen LogP contribution in [0, 0.1) is 0 Å². The van der Waals surface area contributed by atoms with E-state index in [1.54, 1.807) is 60.7 Å². The zero-order chi connectivity index (χ0) is 36.5. The summed E-state index contributed by atoms with van der Waals surface area (Å²) in [5.41, 5.74) is 3.74. The molecule has 0 bridgehead atoms. The van der Waals surface area contributed by atoms with Crippen LogP contribution < -0.4 is 30.2 Å². The van der Waals surface area contributed by atoms with Crippen LogP contribution in [0.2, 0.25) is 0 Å². The second kappa shape index (κ2) is 16.5. The average Bonchev–Trinajstić information content (AvgIpc) is 3.65. The van der Waals surface area contributed by atoms with Gasteiger partial charge in [-0.3, -0.25) is 14.4 Å². The number of rotatable bonds is 13. The predicted octanol–water partition coefficient (Wildman–Crippen LogP) is 8.08. The van der Waals surface area contributed by atoms with E-state index in [4.69, 9.17) is 14.2 Å². The van der Waals surface area contributed by atoms with Crippen LogP contribution in [-0.2, 0) is 9.59 Å². The fourth-order valence-electron chi connectivity index (χ4n) is 5.51. The first-order valence-electron chi connectivity index (χ1n) is 16.2. The topological polar surface area (TPSA) is 131 Å². The number of hydrogen-bond donors (Lipinski definition) is 4. The number of carbonyl (C=O) groups is 3. The lowest BCUT2D eigenvalue weighted by molar-refractivity contribution is -0.116. The molecule has 1 atom stereocenters. The van der Waals surface area contributed by atoms with Crippen molar-refractivity contribution in [2.45, 2.75) is 10.1 Å². The van der Waals surface area contributed by atoms with Crippen molar-refractivity contribution < 1.29 is 28.6 Å². The van der Waals surface area contributed by atoms with E-state index in [1.807, 2.05) is 66.9 Å². The molecule has 0 radical (unpaired) electrons. The average molecular weight is 713 g/mol. The van der Waals surface area contributed by atoms with Gasteiger partial charge in [0.25, 0.3) is 11.8 Å². The maximum Gasteiger partial charge on any atom is 0.272 e. The van der Waals surface area contributed by atoms with Crippen molar-refractivity contribution in [3.63, 3.8) is 0 Å². The third kappa shape index (κ3) is 8.45. The summed E-state index contributed by atoms with van der Waals surface area (Å²) in [5, 5.41) is 9.17. The van der Waals surface area contributed by atoms with Crippen LogP contribution in [0.3, 0.4) is 0 Å². The molecule has 6 aromatic rings. The Morgan fingerprint density at radius 1 is 0.712 bits per heavy atom. The van der Waals surface area contributed by atoms with Crippen molar-refractivity contribution in [3.8, 4) is 17.2 Å². The number of methoxy groups -OCH3 is 3. The van der Waals surface area contributed by atoms with Gasteiger partial charge in [0.2, 0.25) is 11.7 Å². The number of carbonyl (C=O) groups excluding carboxylic acids is 3. The van der Waals surface area contributed by atoms with Crippen molar-refractivity contribution in [3.05, 3.63) is 150 Å². The summed E-state index contributed by atoms with van der Waals surface area (Å²) in [4.78, 5) is 44.9. The minimum absolute atomic E-state index is 0.0261. The maximum absolute atomic E-state index is 13.9. The second-order valence-electron chi connectivity index (χ2n) is 11.5. The minimum Gasteiger partial charge on any atom is -0.493 e. The standard InChI is InChI=1S/C41H36N4O6S/c1-49-35-22-26(23-36(50-2)37(35)51-3)21-34(45-39(46)29-13-8-5-9-14-29)40(47)43-30-15-10-16-32(24-30)52-38(28-11-6-4-7-12-28)41(48)44-31-18-17-27-19-20-42-33(27)25-31/h4-25,38,42H,1-3H3,(H,43,47)(H,44,48)(H,45,46)/b34-21+. The van der Waals surface area contributed by atoms with Gasteiger partial charge in [0.15, 0.2) is 11.5 Å². The van der Waals surface area contributed by atoms with E-state index < -0.39 is 17.1 Å². The third-order valence-corrected chi connectivity index (χ3v) is 9.28. The van der Waals surface area contributed by atoms with Crippen LogP contribution in [0.4, 0.5) is 11.4 Å². The van der Waals surface area contributed by atoms with Gasteiger partial charge in [-0.2, -0.15) is 0 Å². The summed E-state index contributed by atoms with van der Waals surface area (Å²) in [5.74, 6) is -0.0821. The van der Waals surface area contributed by atoms with Crippen LogP contribution in [0.1, 0.15) is 26.7 Å². The Morgan fingerprint density at radius 3 is 2.10 bits per heavy atom. The van der Waals surface area contributed by atoms with E-state index in [1.165, 1.54) is 39.2 Å². The molecule has 1 unspecified atom stereocenters. The third-order valence-electron chi connectivity index (χ3n) is 8.04. The van der Waals surface area contributed by atoms with E-state index in [-0.39, 0.29) is 11.6 Å². The molecule has 10 nitrogen and oxygen atoms in total. The van der Waals surface area contributed by atoms with Gasteiger partial charge in [0, 0.05) is 33.5 Å². The molecule has 0 aliphatic rings. The molecular weight excluding hydrogens is 677 g/mol. The smallest absolute Gasteiger partial charge is 0.272 e. The fraction of sp³-hybridized carbons (Fsp3) is 0.0976. The van der Waals surface area contributed by atoms with Gasteiger partial charge in [0.05, 0.1) is 21.3 Å². The summed E-state index contributed by atoms with van der Waals surface area (Å²) >= 11 is 1.35. The summed E-state index contributed by atoms with van der Waals surface area (Å²) in [6.45, 7) is 0. The van der Waals surface area contributed by atoms with Gasteiger partial charge in [-0.05, 0) is 83.3 Å². The highest BCUT2D eigenvalue weighted by atomic mass is 32.2. The molecule has 0 saturated heterocycles. The van der Waals surface area contributed by atoms with Gasteiger partial charge in [-0.1, -0.05) is 60.7 Å². The molecule has 0 fully saturated rings. The van der Waals surface area contributed by atoms with E-state index in [0.717, 1.165) is 21.4 Å². The van der Waals surface area contributed by atoms with Crippen LogP contribution in [0.5, 0.6) is 17.2 Å². The molecule has 5 aromatic carbocycles. The first kappa shape index (κ1) is 35.4. The van der Waals surface area contributed by atoms with Crippen molar-refractivity contribution in [2.24, 2.45) is 0 Å². The van der Waals surface area contributed by atoms with Crippen LogP contribution >= 0.6 is 11.8 Å². The second-order valence-corrected chi connectivity index (χ2v) is 12.7. The molecule has 4 N–H and O–H groups in total. The van der Waals surface area contributed by atoms with Gasteiger partial charge in [0.1, 0.15) is 10.9 Å². The van der Waals surface area contributed by atoms with Crippen LogP contribution in [-0.4, -0.2) is 44.0 Å². The van der Waals surface area contributed by atoms with Crippen LogP contribution in [0.25, 0.3) is 17.0 Å². The number of fused-ring (bicyclic) bond motifs is 1. The lowest BCUT2D eigenvalue weighted by atomic mass is 10.1. The Bertz CT molecular complexity index is 2210. The van der Waals surface area contributed by atoms with Gasteiger partial charge >= 0.3 is 0 Å². The number of aromatic nitrogens is 1. The molecule has 6 rings (SSSR count). The Kier molecular flexibility index (Phi) is 11.2. The Hall–Kier alpha value is -6.46. The number of nitrogens with one attached hydrogen (secondary N) is 4. The van der Waals surface area contributed by atoms with Crippen LogP contribution in [0.15, 0.2) is 138 Å². The molecule has 0 spiro atoms. The number of anilines is 2. The molecule has 11 heteroatoms. The molecule has 0 aliphatic carbocycles. The number of benzene rings is 5. The van der Waals surface area contributed by atoms with Crippen molar-refractivity contribution in [1.29, 1.82) is 0 Å². The number of aromatic amines is 1. The van der Waals surface area contributed by atoms with E-state index in [2.05, 4.69) is 20.9 Å². The normalized spacial score (nSPS) is 11.7. The minimum atomic E-state index is -0.604.